The Hall–Kier alpha value is -1.91. The Bertz CT molecular complexity index is 967. The number of aliphatic hydroxyl groups is 1. The van der Waals surface area contributed by atoms with Gasteiger partial charge in [-0.15, -0.1) is 0 Å². The van der Waals surface area contributed by atoms with Gasteiger partial charge >= 0.3 is 29.6 Å². The molecule has 0 radical (unpaired) electrons. The number of aromatic hydroxyl groups is 2. The molecule has 0 aliphatic carbocycles. The Morgan fingerprint density at radius 3 is 1.96 bits per heavy atom. The summed E-state index contributed by atoms with van der Waals surface area (Å²) in [7, 11) is -5.02. The summed E-state index contributed by atoms with van der Waals surface area (Å²) in [5, 5.41) is 37.9. The smallest absolute Gasteiger partial charge is 0.744 e. The molecule has 0 heterocycles. The van der Waals surface area contributed by atoms with Crippen molar-refractivity contribution in [2.45, 2.75) is 0 Å². The second kappa shape index (κ2) is 7.32. The minimum absolute atomic E-state index is 0. The number of rotatable bonds is 4. The summed E-state index contributed by atoms with van der Waals surface area (Å²) in [5.74, 6) is -2.49. The molecule has 2 rings (SSSR count). The van der Waals surface area contributed by atoms with E-state index in [1.165, 1.54) is 24.3 Å². The Labute approximate surface area is 158 Å². The van der Waals surface area contributed by atoms with Crippen molar-refractivity contribution in [2.24, 2.45) is 0 Å². The minimum atomic E-state index is -5.02. The van der Waals surface area contributed by atoms with Crippen LogP contribution in [0.25, 0.3) is 16.5 Å². The average Bonchev–Trinajstić information content (AvgIpc) is 2.48. The molecular formula is C14H10NNaO7S. The second-order valence-corrected chi connectivity index (χ2v) is 5.74. The fourth-order valence-electron chi connectivity index (χ4n) is 2.17. The number of hydrogen-bond donors (Lipinski definition) is 4. The number of fused-ring (bicyclic) bond motifs is 1. The molecule has 0 bridgehead atoms. The van der Waals surface area contributed by atoms with E-state index < -0.39 is 44.2 Å². The van der Waals surface area contributed by atoms with Gasteiger partial charge < -0.3 is 19.9 Å². The number of phenolic OH excluding ortho intramolecular Hbond substituents is 2. The van der Waals surface area contributed by atoms with Crippen LogP contribution in [-0.4, -0.2) is 40.3 Å². The van der Waals surface area contributed by atoms with E-state index in [0.717, 1.165) is 0 Å². The summed E-state index contributed by atoms with van der Waals surface area (Å²) in [6.45, 7) is 0. The number of phenols is 2. The maximum Gasteiger partial charge on any atom is 1.00 e. The third kappa shape index (κ3) is 3.77. The van der Waals surface area contributed by atoms with E-state index in [-0.39, 0.29) is 52.0 Å². The number of carbonyl (C=O) groups is 1. The standard InChI is InChI=1S/C14H11NO7S.Na/c15-9(5-16)11-12(10(17)6-23(20,21)22)14(19)8-4-2-1-3-7(8)13(11)18;/h1-6,15,17-19H,(H,20,21,22);/q;+1/p-1/b10-6-,15-9?;. The van der Waals surface area contributed by atoms with Crippen molar-refractivity contribution in [2.75, 3.05) is 0 Å². The molecule has 8 nitrogen and oxygen atoms in total. The molecule has 2 aromatic carbocycles. The van der Waals surface area contributed by atoms with Gasteiger partial charge in [-0.3, -0.25) is 10.2 Å². The van der Waals surface area contributed by atoms with Gasteiger partial charge in [-0.25, -0.2) is 8.42 Å². The molecule has 0 aliphatic rings. The van der Waals surface area contributed by atoms with E-state index in [4.69, 9.17) is 5.41 Å². The molecule has 0 atom stereocenters. The van der Waals surface area contributed by atoms with E-state index in [1.807, 2.05) is 0 Å². The van der Waals surface area contributed by atoms with Crippen LogP contribution in [0.3, 0.4) is 0 Å². The largest absolute Gasteiger partial charge is 1.00 e. The van der Waals surface area contributed by atoms with Crippen molar-refractivity contribution in [1.29, 1.82) is 5.41 Å². The van der Waals surface area contributed by atoms with E-state index in [9.17, 15) is 33.1 Å². The molecular weight excluding hydrogens is 349 g/mol. The van der Waals surface area contributed by atoms with Gasteiger partial charge in [-0.1, -0.05) is 24.3 Å². The minimum Gasteiger partial charge on any atom is -0.744 e. The summed E-state index contributed by atoms with van der Waals surface area (Å²) in [6, 6.07) is 5.77. The molecule has 0 saturated heterocycles. The first-order chi connectivity index (χ1) is 10.7. The Kier molecular flexibility index (Phi) is 6.15. The average molecular weight is 359 g/mol. The molecule has 4 N–H and O–H groups in total. The van der Waals surface area contributed by atoms with Crippen LogP contribution in [0.1, 0.15) is 11.1 Å². The number of benzene rings is 2. The zero-order chi connectivity index (χ0) is 17.4. The van der Waals surface area contributed by atoms with Crippen molar-refractivity contribution in [3.63, 3.8) is 0 Å². The van der Waals surface area contributed by atoms with E-state index in [1.54, 1.807) is 0 Å². The van der Waals surface area contributed by atoms with Crippen LogP contribution in [0.15, 0.2) is 29.7 Å². The molecule has 0 unspecified atom stereocenters. The molecule has 0 fully saturated rings. The molecule has 0 saturated carbocycles. The SMILES string of the molecule is N=C(C=O)c1c(/C(O)=C/S(=O)(=O)[O-])c(O)c2ccccc2c1O.[Na+]. The Morgan fingerprint density at radius 1 is 1.08 bits per heavy atom. The van der Waals surface area contributed by atoms with Crippen LogP contribution < -0.4 is 29.6 Å². The molecule has 24 heavy (non-hydrogen) atoms. The summed E-state index contributed by atoms with van der Waals surface area (Å²) >= 11 is 0. The van der Waals surface area contributed by atoms with Gasteiger partial charge in [0.2, 0.25) is 0 Å². The van der Waals surface area contributed by atoms with Crippen LogP contribution in [-0.2, 0) is 14.9 Å². The van der Waals surface area contributed by atoms with Gasteiger partial charge in [0, 0.05) is 10.8 Å². The van der Waals surface area contributed by atoms with Gasteiger partial charge in [-0.05, 0) is 0 Å². The van der Waals surface area contributed by atoms with Gasteiger partial charge in [0.15, 0.2) is 6.29 Å². The molecule has 10 heteroatoms. The number of hydrogen-bond acceptors (Lipinski definition) is 8. The zero-order valence-electron chi connectivity index (χ0n) is 12.3. The van der Waals surface area contributed by atoms with Crippen molar-refractivity contribution >= 4 is 38.6 Å². The molecule has 2 aromatic rings. The van der Waals surface area contributed by atoms with Gasteiger partial charge in [0.05, 0.1) is 16.5 Å². The van der Waals surface area contributed by atoms with Crippen molar-refractivity contribution in [3.05, 3.63) is 40.8 Å². The molecule has 0 aliphatic heterocycles. The normalized spacial score (nSPS) is 11.8. The van der Waals surface area contributed by atoms with Crippen LogP contribution in [0.5, 0.6) is 11.5 Å². The first-order valence-corrected chi connectivity index (χ1v) is 7.52. The van der Waals surface area contributed by atoms with Crippen molar-refractivity contribution in [1.82, 2.24) is 0 Å². The summed E-state index contributed by atoms with van der Waals surface area (Å²) in [5.41, 5.74) is -2.10. The van der Waals surface area contributed by atoms with Crippen LogP contribution in [0.2, 0.25) is 0 Å². The Morgan fingerprint density at radius 2 is 1.54 bits per heavy atom. The van der Waals surface area contributed by atoms with Gasteiger partial charge in [0.25, 0.3) is 0 Å². The van der Waals surface area contributed by atoms with E-state index in [0.29, 0.717) is 0 Å². The molecule has 0 amide bonds. The summed E-state index contributed by atoms with van der Waals surface area (Å²) in [4.78, 5) is 10.9. The third-order valence-electron chi connectivity index (χ3n) is 3.06. The molecule has 0 aromatic heterocycles. The van der Waals surface area contributed by atoms with Crippen LogP contribution in [0.4, 0.5) is 0 Å². The van der Waals surface area contributed by atoms with Crippen molar-refractivity contribution < 1.29 is 62.6 Å². The van der Waals surface area contributed by atoms with Gasteiger partial charge in [0.1, 0.15) is 33.1 Å². The zero-order valence-corrected chi connectivity index (χ0v) is 15.2. The fraction of sp³-hybridized carbons (Fsp3) is 0. The predicted octanol–water partition coefficient (Wildman–Crippen LogP) is -1.78. The number of aliphatic hydroxyl groups excluding tert-OH is 1. The number of nitrogens with one attached hydrogen (secondary N) is 1. The quantitative estimate of drug-likeness (QED) is 0.125. The van der Waals surface area contributed by atoms with E-state index in [2.05, 4.69) is 0 Å². The van der Waals surface area contributed by atoms with Crippen LogP contribution in [0, 0.1) is 5.41 Å². The first-order valence-electron chi connectivity index (χ1n) is 6.05. The number of aldehydes is 1. The van der Waals surface area contributed by atoms with Crippen molar-refractivity contribution in [3.8, 4) is 11.5 Å². The summed E-state index contributed by atoms with van der Waals surface area (Å²) in [6.07, 6.45) is 0.0335. The maximum atomic E-state index is 10.9. The van der Waals surface area contributed by atoms with Gasteiger partial charge in [-0.2, -0.15) is 0 Å². The summed E-state index contributed by atoms with van der Waals surface area (Å²) < 4.78 is 32.3. The van der Waals surface area contributed by atoms with Crippen LogP contribution >= 0.6 is 0 Å². The molecule has 0 spiro atoms. The predicted molar refractivity (Wildman–Crippen MR) is 80.5 cm³/mol. The topological polar surface area (TPSA) is 159 Å². The van der Waals surface area contributed by atoms with E-state index >= 15 is 0 Å². The number of carbonyl (C=O) groups excluding carboxylic acids is 1. The maximum absolute atomic E-state index is 10.9. The Balaban J connectivity index is 0.00000288. The first kappa shape index (κ1) is 20.1. The molecule has 120 valence electrons. The fourth-order valence-corrected chi connectivity index (χ4v) is 2.56. The monoisotopic (exact) mass is 359 g/mol. The second-order valence-electron chi connectivity index (χ2n) is 4.52. The third-order valence-corrected chi connectivity index (χ3v) is 3.57.